The third kappa shape index (κ3) is 9.78. The summed E-state index contributed by atoms with van der Waals surface area (Å²) in [6, 6.07) is 24.3. The summed E-state index contributed by atoms with van der Waals surface area (Å²) in [6.45, 7) is 7.77. The standard InChI is InChI=1S/C41H46O8/c1-4-6-8-10-26-44-32-22-18-30(19-23-32)40(42)48-36-16-12-14-34-38(36)39-35(47-29(3)28-46-34)15-13-17-37(39)49-41(43)31-20-24-33(25-21-31)45-27-11-9-7-5-2/h12-25,29H,4-11,26-28H2,1-3H3. The van der Waals surface area contributed by atoms with Gasteiger partial charge in [-0.1, -0.05) is 64.5 Å². The summed E-state index contributed by atoms with van der Waals surface area (Å²) in [5.74, 6) is 1.70. The average Bonchev–Trinajstić information content (AvgIpc) is 3.11. The van der Waals surface area contributed by atoms with Crippen LogP contribution in [0.2, 0.25) is 0 Å². The monoisotopic (exact) mass is 666 g/mol. The zero-order chi connectivity index (χ0) is 34.4. The molecule has 49 heavy (non-hydrogen) atoms. The van der Waals surface area contributed by atoms with Crippen LogP contribution in [0.25, 0.3) is 11.1 Å². The number of fused-ring (bicyclic) bond motifs is 3. The van der Waals surface area contributed by atoms with Crippen LogP contribution in [0, 0.1) is 0 Å². The highest BCUT2D eigenvalue weighted by Gasteiger charge is 2.28. The van der Waals surface area contributed by atoms with Gasteiger partial charge >= 0.3 is 11.9 Å². The Kier molecular flexibility index (Phi) is 13.0. The van der Waals surface area contributed by atoms with E-state index in [2.05, 4.69) is 13.8 Å². The van der Waals surface area contributed by atoms with Crippen LogP contribution in [-0.2, 0) is 0 Å². The third-order valence-corrected chi connectivity index (χ3v) is 8.15. The molecule has 0 saturated heterocycles. The first-order chi connectivity index (χ1) is 24.0. The molecule has 0 aliphatic carbocycles. The van der Waals surface area contributed by atoms with Crippen molar-refractivity contribution in [3.8, 4) is 45.6 Å². The molecule has 0 aromatic heterocycles. The topological polar surface area (TPSA) is 89.5 Å². The molecule has 4 aromatic rings. The molecule has 0 bridgehead atoms. The van der Waals surface area contributed by atoms with Crippen molar-refractivity contribution >= 4 is 11.9 Å². The predicted molar refractivity (Wildman–Crippen MR) is 190 cm³/mol. The number of unbranched alkanes of at least 4 members (excludes halogenated alkanes) is 6. The van der Waals surface area contributed by atoms with Crippen molar-refractivity contribution in [1.29, 1.82) is 0 Å². The Bertz CT molecular complexity index is 1660. The molecule has 0 saturated carbocycles. The smallest absolute Gasteiger partial charge is 0.343 e. The van der Waals surface area contributed by atoms with Gasteiger partial charge in [-0.2, -0.15) is 0 Å². The summed E-state index contributed by atoms with van der Waals surface area (Å²) < 4.78 is 36.0. The molecule has 0 amide bonds. The van der Waals surface area contributed by atoms with E-state index in [9.17, 15) is 9.59 Å². The molecule has 5 rings (SSSR count). The van der Waals surface area contributed by atoms with E-state index < -0.39 is 11.9 Å². The fraction of sp³-hybridized carbons (Fsp3) is 0.366. The van der Waals surface area contributed by atoms with Crippen molar-refractivity contribution in [3.63, 3.8) is 0 Å². The van der Waals surface area contributed by atoms with Gasteiger partial charge in [-0.3, -0.25) is 0 Å². The zero-order valence-corrected chi connectivity index (χ0v) is 28.7. The van der Waals surface area contributed by atoms with E-state index in [0.717, 1.165) is 25.7 Å². The molecule has 1 atom stereocenters. The highest BCUT2D eigenvalue weighted by molar-refractivity contribution is 5.96. The molecular weight excluding hydrogens is 620 g/mol. The van der Waals surface area contributed by atoms with Gasteiger partial charge in [0.25, 0.3) is 0 Å². The van der Waals surface area contributed by atoms with E-state index in [4.69, 9.17) is 28.4 Å². The van der Waals surface area contributed by atoms with Crippen molar-refractivity contribution < 1.29 is 38.0 Å². The number of rotatable bonds is 16. The van der Waals surface area contributed by atoms with Crippen molar-refractivity contribution in [3.05, 3.63) is 96.1 Å². The third-order valence-electron chi connectivity index (χ3n) is 8.15. The molecule has 1 aliphatic heterocycles. The SMILES string of the molecule is CCCCCCOc1ccc(C(=O)Oc2cccc3c2-c2c(OC(=O)c4ccc(OCCCCCC)cc4)cccc2OC(C)CO3)cc1. The Morgan fingerprint density at radius 2 is 1.08 bits per heavy atom. The van der Waals surface area contributed by atoms with Crippen molar-refractivity contribution in [2.75, 3.05) is 19.8 Å². The quantitative estimate of drug-likeness (QED) is 0.0663. The molecule has 8 heteroatoms. The second kappa shape index (κ2) is 18.0. The highest BCUT2D eigenvalue weighted by atomic mass is 16.6. The zero-order valence-electron chi connectivity index (χ0n) is 28.7. The first kappa shape index (κ1) is 35.3. The normalized spacial score (nSPS) is 13.4. The lowest BCUT2D eigenvalue weighted by Crippen LogP contribution is -2.23. The Balaban J connectivity index is 1.36. The summed E-state index contributed by atoms with van der Waals surface area (Å²) in [4.78, 5) is 26.8. The average molecular weight is 667 g/mol. The first-order valence-corrected chi connectivity index (χ1v) is 17.4. The lowest BCUT2D eigenvalue weighted by Gasteiger charge is -2.26. The van der Waals surface area contributed by atoms with E-state index in [1.165, 1.54) is 25.7 Å². The van der Waals surface area contributed by atoms with Crippen LogP contribution in [0.15, 0.2) is 84.9 Å². The molecule has 1 unspecified atom stereocenters. The minimum absolute atomic E-state index is 0.238. The lowest BCUT2D eigenvalue weighted by molar-refractivity contribution is 0.0720. The first-order valence-electron chi connectivity index (χ1n) is 17.4. The van der Waals surface area contributed by atoms with Gasteiger partial charge in [-0.05, 0) is 92.6 Å². The van der Waals surface area contributed by atoms with Gasteiger partial charge in [0.05, 0.1) is 35.5 Å². The number of esters is 2. The fourth-order valence-corrected chi connectivity index (χ4v) is 5.49. The second-order valence-corrected chi connectivity index (χ2v) is 12.1. The molecule has 0 spiro atoms. The number of hydrogen-bond acceptors (Lipinski definition) is 8. The van der Waals surface area contributed by atoms with Gasteiger partial charge in [0.15, 0.2) is 0 Å². The van der Waals surface area contributed by atoms with Gasteiger partial charge in [0.1, 0.15) is 47.2 Å². The molecule has 1 aliphatic rings. The van der Waals surface area contributed by atoms with Gasteiger partial charge in [0.2, 0.25) is 0 Å². The number of carbonyl (C=O) groups excluding carboxylic acids is 2. The van der Waals surface area contributed by atoms with Crippen LogP contribution in [0.5, 0.6) is 34.5 Å². The van der Waals surface area contributed by atoms with E-state index >= 15 is 0 Å². The molecule has 0 radical (unpaired) electrons. The maximum absolute atomic E-state index is 13.4. The highest BCUT2D eigenvalue weighted by Crippen LogP contribution is 2.49. The van der Waals surface area contributed by atoms with Crippen molar-refractivity contribution in [2.45, 2.75) is 78.2 Å². The summed E-state index contributed by atoms with van der Waals surface area (Å²) in [6.07, 6.45) is 8.63. The summed E-state index contributed by atoms with van der Waals surface area (Å²) >= 11 is 0. The fourth-order valence-electron chi connectivity index (χ4n) is 5.49. The van der Waals surface area contributed by atoms with E-state index in [0.29, 0.717) is 58.5 Å². The number of ether oxygens (including phenoxy) is 6. The van der Waals surface area contributed by atoms with Gasteiger partial charge < -0.3 is 28.4 Å². The second-order valence-electron chi connectivity index (χ2n) is 12.1. The summed E-state index contributed by atoms with van der Waals surface area (Å²) in [7, 11) is 0. The maximum atomic E-state index is 13.4. The van der Waals surface area contributed by atoms with Crippen LogP contribution >= 0.6 is 0 Å². The Labute approximate surface area is 289 Å². The molecular formula is C41H46O8. The molecule has 8 nitrogen and oxygen atoms in total. The Hall–Kier alpha value is -4.98. The number of benzene rings is 4. The minimum atomic E-state index is -0.553. The van der Waals surface area contributed by atoms with Crippen LogP contribution in [0.3, 0.4) is 0 Å². The predicted octanol–water partition coefficient (Wildman–Crippen LogP) is 9.87. The molecule has 0 fully saturated rings. The molecule has 0 N–H and O–H groups in total. The van der Waals surface area contributed by atoms with Crippen LogP contribution < -0.4 is 28.4 Å². The number of hydrogen-bond donors (Lipinski definition) is 0. The van der Waals surface area contributed by atoms with Gasteiger partial charge in [-0.25, -0.2) is 9.59 Å². The lowest BCUT2D eigenvalue weighted by atomic mass is 10.00. The van der Waals surface area contributed by atoms with Gasteiger partial charge in [-0.15, -0.1) is 0 Å². The minimum Gasteiger partial charge on any atom is -0.494 e. The molecule has 258 valence electrons. The van der Waals surface area contributed by atoms with Crippen LogP contribution in [0.4, 0.5) is 0 Å². The summed E-state index contributed by atoms with van der Waals surface area (Å²) in [5, 5.41) is 0. The summed E-state index contributed by atoms with van der Waals surface area (Å²) in [5.41, 5.74) is 1.61. The Morgan fingerprint density at radius 1 is 0.612 bits per heavy atom. The molecule has 4 aromatic carbocycles. The largest absolute Gasteiger partial charge is 0.494 e. The number of carbonyl (C=O) groups is 2. The van der Waals surface area contributed by atoms with E-state index in [1.807, 2.05) is 6.92 Å². The van der Waals surface area contributed by atoms with E-state index in [-0.39, 0.29) is 24.2 Å². The van der Waals surface area contributed by atoms with E-state index in [1.54, 1.807) is 84.9 Å². The maximum Gasteiger partial charge on any atom is 0.343 e. The van der Waals surface area contributed by atoms with Crippen molar-refractivity contribution in [2.24, 2.45) is 0 Å². The molecule has 1 heterocycles. The van der Waals surface area contributed by atoms with Gasteiger partial charge in [0, 0.05) is 0 Å². The Morgan fingerprint density at radius 3 is 1.57 bits per heavy atom. The van der Waals surface area contributed by atoms with Crippen LogP contribution in [-0.4, -0.2) is 37.9 Å². The van der Waals surface area contributed by atoms with Crippen molar-refractivity contribution in [1.82, 2.24) is 0 Å². The van der Waals surface area contributed by atoms with Crippen LogP contribution in [0.1, 0.15) is 92.9 Å².